The van der Waals surface area contributed by atoms with Crippen LogP contribution in [0.3, 0.4) is 0 Å². The molecule has 0 radical (unpaired) electrons. The minimum atomic E-state index is -4.75. The Hall–Kier alpha value is -2.83. The lowest BCUT2D eigenvalue weighted by Gasteiger charge is -2.15. The van der Waals surface area contributed by atoms with Gasteiger partial charge in [0.2, 0.25) is 5.91 Å². The van der Waals surface area contributed by atoms with Crippen molar-refractivity contribution in [2.45, 2.75) is 19.3 Å². The number of halogens is 3. The summed E-state index contributed by atoms with van der Waals surface area (Å²) in [6.07, 6.45) is 1.42. The van der Waals surface area contributed by atoms with Gasteiger partial charge in [-0.25, -0.2) is 0 Å². The number of benzene rings is 1. The summed E-state index contributed by atoms with van der Waals surface area (Å²) in [7, 11) is 0. The topological polar surface area (TPSA) is 51.2 Å². The monoisotopic (exact) mass is 336 g/mol. The zero-order valence-corrected chi connectivity index (χ0v) is 12.7. The molecule has 24 heavy (non-hydrogen) atoms. The molecule has 1 aromatic heterocycles. The van der Waals surface area contributed by atoms with Crippen LogP contribution < -0.4 is 10.1 Å². The molecule has 2 rings (SSSR count). The van der Waals surface area contributed by atoms with E-state index in [2.05, 4.69) is 15.0 Å². The molecule has 1 aromatic carbocycles. The van der Waals surface area contributed by atoms with E-state index in [9.17, 15) is 18.0 Å². The van der Waals surface area contributed by atoms with Crippen LogP contribution in [0.25, 0.3) is 6.08 Å². The van der Waals surface area contributed by atoms with Gasteiger partial charge in [-0.15, -0.1) is 13.2 Å². The summed E-state index contributed by atoms with van der Waals surface area (Å²) in [4.78, 5) is 15.8. The van der Waals surface area contributed by atoms with Gasteiger partial charge in [0.1, 0.15) is 5.75 Å². The lowest BCUT2D eigenvalue weighted by Crippen LogP contribution is -2.24. The number of ether oxygens (including phenoxy) is 1. The van der Waals surface area contributed by atoms with E-state index in [4.69, 9.17) is 0 Å². The number of nitrogens with zero attached hydrogens (tertiary/aromatic N) is 1. The maximum Gasteiger partial charge on any atom is 0.573 e. The zero-order valence-electron chi connectivity index (χ0n) is 12.7. The molecule has 126 valence electrons. The Morgan fingerprint density at radius 3 is 2.62 bits per heavy atom. The third kappa shape index (κ3) is 5.75. The number of nitrogens with one attached hydrogen (secondary N) is 1. The lowest BCUT2D eigenvalue weighted by molar-refractivity contribution is -0.274. The second-order valence-electron chi connectivity index (χ2n) is 4.96. The van der Waals surface area contributed by atoms with Gasteiger partial charge in [0.25, 0.3) is 0 Å². The van der Waals surface area contributed by atoms with Gasteiger partial charge in [-0.1, -0.05) is 12.1 Å². The third-order valence-electron chi connectivity index (χ3n) is 3.08. The van der Waals surface area contributed by atoms with Gasteiger partial charge in [0.15, 0.2) is 0 Å². The summed E-state index contributed by atoms with van der Waals surface area (Å²) in [6, 6.07) is 8.50. The molecule has 0 saturated heterocycles. The fraction of sp³-hybridized carbons (Fsp3) is 0.176. The molecule has 0 bridgehead atoms. The molecule has 1 N–H and O–H groups in total. The van der Waals surface area contributed by atoms with Crippen LogP contribution >= 0.6 is 0 Å². The molecule has 0 saturated carbocycles. The van der Waals surface area contributed by atoms with Gasteiger partial charge >= 0.3 is 6.36 Å². The van der Waals surface area contributed by atoms with Gasteiger partial charge in [0.05, 0.1) is 6.04 Å². The number of amides is 1. The number of rotatable bonds is 5. The van der Waals surface area contributed by atoms with E-state index in [0.717, 1.165) is 5.56 Å². The van der Waals surface area contributed by atoms with Crippen LogP contribution in [0.1, 0.15) is 24.1 Å². The average Bonchev–Trinajstić information content (AvgIpc) is 2.52. The first-order chi connectivity index (χ1) is 11.3. The van der Waals surface area contributed by atoms with E-state index >= 15 is 0 Å². The molecule has 1 heterocycles. The highest BCUT2D eigenvalue weighted by molar-refractivity contribution is 5.91. The molecule has 1 atom stereocenters. The van der Waals surface area contributed by atoms with E-state index in [0.29, 0.717) is 5.56 Å². The van der Waals surface area contributed by atoms with E-state index in [1.807, 2.05) is 0 Å². The molecule has 1 amide bonds. The van der Waals surface area contributed by atoms with Crippen molar-refractivity contribution in [2.75, 3.05) is 0 Å². The summed E-state index contributed by atoms with van der Waals surface area (Å²) in [5.74, 6) is -0.685. The standard InChI is InChI=1S/C17H15F3N2O2/c1-12(14-3-2-4-15(11-14)24-17(18,19)20)22-16(23)6-5-13-7-9-21-10-8-13/h2-12H,1H3,(H,22,23). The minimum Gasteiger partial charge on any atom is -0.406 e. The Labute approximate surface area is 137 Å². The van der Waals surface area contributed by atoms with Crippen LogP contribution in [0.2, 0.25) is 0 Å². The number of hydrogen-bond acceptors (Lipinski definition) is 3. The molecule has 0 fully saturated rings. The van der Waals surface area contributed by atoms with E-state index in [1.165, 1.54) is 24.3 Å². The van der Waals surface area contributed by atoms with Crippen LogP contribution in [0.15, 0.2) is 54.9 Å². The molecular formula is C17H15F3N2O2. The van der Waals surface area contributed by atoms with Gasteiger partial charge in [-0.05, 0) is 48.4 Å². The van der Waals surface area contributed by atoms with Crippen molar-refractivity contribution >= 4 is 12.0 Å². The Morgan fingerprint density at radius 1 is 1.25 bits per heavy atom. The summed E-state index contributed by atoms with van der Waals surface area (Å²) in [5, 5.41) is 2.68. The molecule has 4 nitrogen and oxygen atoms in total. The highest BCUT2D eigenvalue weighted by atomic mass is 19.4. The van der Waals surface area contributed by atoms with Gasteiger partial charge in [-0.2, -0.15) is 0 Å². The molecule has 1 unspecified atom stereocenters. The zero-order chi connectivity index (χ0) is 17.6. The highest BCUT2D eigenvalue weighted by Crippen LogP contribution is 2.25. The smallest absolute Gasteiger partial charge is 0.406 e. The van der Waals surface area contributed by atoms with Crippen molar-refractivity contribution < 1.29 is 22.7 Å². The summed E-state index contributed by atoms with van der Waals surface area (Å²) < 4.78 is 40.6. The number of aromatic nitrogens is 1. The number of alkyl halides is 3. The molecule has 2 aromatic rings. The quantitative estimate of drug-likeness (QED) is 0.843. The van der Waals surface area contributed by atoms with Crippen molar-refractivity contribution in [2.24, 2.45) is 0 Å². The predicted octanol–water partition coefficient (Wildman–Crippen LogP) is 3.87. The number of carbonyl (C=O) groups excluding carboxylic acids is 1. The molecule has 0 aliphatic carbocycles. The normalized spacial score (nSPS) is 12.8. The first-order valence-corrected chi connectivity index (χ1v) is 7.08. The van der Waals surface area contributed by atoms with Crippen molar-refractivity contribution in [1.29, 1.82) is 0 Å². The molecule has 0 spiro atoms. The van der Waals surface area contributed by atoms with Crippen molar-refractivity contribution in [3.05, 3.63) is 66.0 Å². The largest absolute Gasteiger partial charge is 0.573 e. The Kier molecular flexibility index (Phi) is 5.57. The average molecular weight is 336 g/mol. The molecular weight excluding hydrogens is 321 g/mol. The fourth-order valence-corrected chi connectivity index (χ4v) is 1.97. The van der Waals surface area contributed by atoms with Crippen LogP contribution in [0.5, 0.6) is 5.75 Å². The highest BCUT2D eigenvalue weighted by Gasteiger charge is 2.31. The minimum absolute atomic E-state index is 0.326. The number of carbonyl (C=O) groups is 1. The Balaban J connectivity index is 1.99. The maximum absolute atomic E-state index is 12.2. The summed E-state index contributed by atoms with van der Waals surface area (Å²) in [5.41, 5.74) is 1.32. The number of pyridine rings is 1. The SMILES string of the molecule is CC(NC(=O)C=Cc1ccncc1)c1cccc(OC(F)(F)F)c1. The van der Waals surface area contributed by atoms with E-state index in [1.54, 1.807) is 43.6 Å². The van der Waals surface area contributed by atoms with Gasteiger partial charge in [0, 0.05) is 18.5 Å². The fourth-order valence-electron chi connectivity index (χ4n) is 1.97. The molecule has 0 aliphatic heterocycles. The maximum atomic E-state index is 12.2. The van der Waals surface area contributed by atoms with Crippen LogP contribution in [-0.2, 0) is 4.79 Å². The van der Waals surface area contributed by atoms with Crippen molar-refractivity contribution in [3.63, 3.8) is 0 Å². The summed E-state index contributed by atoms with van der Waals surface area (Å²) in [6.45, 7) is 1.67. The van der Waals surface area contributed by atoms with E-state index in [-0.39, 0.29) is 11.7 Å². The first kappa shape index (κ1) is 17.5. The van der Waals surface area contributed by atoms with Crippen LogP contribution in [-0.4, -0.2) is 17.3 Å². The second kappa shape index (κ2) is 7.63. The predicted molar refractivity (Wildman–Crippen MR) is 83.0 cm³/mol. The third-order valence-corrected chi connectivity index (χ3v) is 3.08. The van der Waals surface area contributed by atoms with Crippen molar-refractivity contribution in [1.82, 2.24) is 10.3 Å². The van der Waals surface area contributed by atoms with Crippen LogP contribution in [0, 0.1) is 0 Å². The van der Waals surface area contributed by atoms with Gasteiger partial charge < -0.3 is 10.1 Å². The second-order valence-corrected chi connectivity index (χ2v) is 4.96. The van der Waals surface area contributed by atoms with Gasteiger partial charge in [-0.3, -0.25) is 9.78 Å². The number of hydrogen-bond donors (Lipinski definition) is 1. The molecule has 7 heteroatoms. The van der Waals surface area contributed by atoms with Crippen molar-refractivity contribution in [3.8, 4) is 5.75 Å². The van der Waals surface area contributed by atoms with Crippen LogP contribution in [0.4, 0.5) is 13.2 Å². The Bertz CT molecular complexity index is 715. The van der Waals surface area contributed by atoms with E-state index < -0.39 is 12.4 Å². The summed E-state index contributed by atoms with van der Waals surface area (Å²) >= 11 is 0. The lowest BCUT2D eigenvalue weighted by atomic mass is 10.1. The first-order valence-electron chi connectivity index (χ1n) is 7.08. The Morgan fingerprint density at radius 2 is 1.96 bits per heavy atom. The molecule has 0 aliphatic rings.